The molecule has 0 fully saturated rings. The molecule has 1 heterocycles. The van der Waals surface area contributed by atoms with Crippen LogP contribution in [0.25, 0.3) is 0 Å². The summed E-state index contributed by atoms with van der Waals surface area (Å²) in [5.41, 5.74) is 7.48. The van der Waals surface area contributed by atoms with Crippen LogP contribution in [-0.4, -0.2) is 29.9 Å². The number of carbonyl (C=O) groups is 1. The van der Waals surface area contributed by atoms with E-state index in [-0.39, 0.29) is 11.9 Å². The summed E-state index contributed by atoms with van der Waals surface area (Å²) in [4.78, 5) is 14.4. The van der Waals surface area contributed by atoms with Gasteiger partial charge < -0.3 is 10.6 Å². The van der Waals surface area contributed by atoms with Gasteiger partial charge in [0.25, 0.3) is 5.91 Å². The molecule has 1 aromatic rings. The molecule has 0 aliphatic carbocycles. The normalized spacial score (nSPS) is 18.0. The fraction of sp³-hybridized carbons (Fsp3) is 0.438. The van der Waals surface area contributed by atoms with E-state index >= 15 is 0 Å². The topological polar surface area (TPSA) is 46.3 Å². The Balaban J connectivity index is 2.06. The van der Waals surface area contributed by atoms with Crippen molar-refractivity contribution in [3.63, 3.8) is 0 Å². The maximum atomic E-state index is 12.5. The molecule has 1 amide bonds. The van der Waals surface area contributed by atoms with Crippen molar-refractivity contribution in [3.8, 4) is 0 Å². The third kappa shape index (κ3) is 3.24. The van der Waals surface area contributed by atoms with Crippen molar-refractivity contribution in [1.29, 1.82) is 0 Å². The summed E-state index contributed by atoms with van der Waals surface area (Å²) in [7, 11) is 0. The number of hydrogen-bond acceptors (Lipinski definition) is 2. The Labute approximate surface area is 115 Å². The minimum Gasteiger partial charge on any atom is -0.330 e. The molecule has 0 bridgehead atoms. The minimum atomic E-state index is 0.128. The molecule has 1 aromatic carbocycles. The average molecular weight is 258 g/mol. The van der Waals surface area contributed by atoms with Gasteiger partial charge in [-0.1, -0.05) is 37.6 Å². The van der Waals surface area contributed by atoms with Crippen molar-refractivity contribution < 1.29 is 4.79 Å². The van der Waals surface area contributed by atoms with Crippen LogP contribution in [0.4, 0.5) is 0 Å². The predicted octanol–water partition coefficient (Wildman–Crippen LogP) is 2.37. The summed E-state index contributed by atoms with van der Waals surface area (Å²) >= 11 is 0. The van der Waals surface area contributed by atoms with E-state index in [1.54, 1.807) is 0 Å². The lowest BCUT2D eigenvalue weighted by atomic mass is 10.1. The largest absolute Gasteiger partial charge is 0.330 e. The summed E-state index contributed by atoms with van der Waals surface area (Å²) in [5.74, 6) is 0.128. The number of rotatable bonds is 5. The lowest BCUT2D eigenvalue weighted by Gasteiger charge is -2.24. The van der Waals surface area contributed by atoms with Crippen LogP contribution in [-0.2, 0) is 6.42 Å². The zero-order chi connectivity index (χ0) is 13.7. The summed E-state index contributed by atoms with van der Waals surface area (Å²) in [6, 6.07) is 8.08. The number of amides is 1. The van der Waals surface area contributed by atoms with Gasteiger partial charge in [-0.2, -0.15) is 0 Å². The van der Waals surface area contributed by atoms with Crippen LogP contribution in [0.5, 0.6) is 0 Å². The van der Waals surface area contributed by atoms with Crippen LogP contribution in [0.1, 0.15) is 35.7 Å². The van der Waals surface area contributed by atoms with E-state index in [2.05, 4.69) is 19.1 Å². The van der Waals surface area contributed by atoms with E-state index in [1.807, 2.05) is 29.2 Å². The predicted molar refractivity (Wildman–Crippen MR) is 78.1 cm³/mol. The van der Waals surface area contributed by atoms with E-state index in [0.29, 0.717) is 6.54 Å². The second kappa shape index (κ2) is 6.53. The molecule has 1 aliphatic heterocycles. The summed E-state index contributed by atoms with van der Waals surface area (Å²) < 4.78 is 0. The third-order valence-electron chi connectivity index (χ3n) is 3.54. The quantitative estimate of drug-likeness (QED) is 0.824. The van der Waals surface area contributed by atoms with Gasteiger partial charge in [0.1, 0.15) is 0 Å². The maximum Gasteiger partial charge on any atom is 0.254 e. The van der Waals surface area contributed by atoms with Gasteiger partial charge in [-0.3, -0.25) is 4.79 Å². The maximum absolute atomic E-state index is 12.5. The van der Waals surface area contributed by atoms with Crippen molar-refractivity contribution in [2.75, 3.05) is 13.1 Å². The molecule has 2 rings (SSSR count). The number of carbonyl (C=O) groups excluding carboxylic acids is 1. The summed E-state index contributed by atoms with van der Waals surface area (Å²) in [5, 5.41) is 0. The highest BCUT2D eigenvalue weighted by atomic mass is 16.2. The van der Waals surface area contributed by atoms with Crippen molar-refractivity contribution in [2.24, 2.45) is 5.73 Å². The second-order valence-corrected chi connectivity index (χ2v) is 4.98. The number of nitrogens with zero attached hydrogens (tertiary/aromatic N) is 1. The first kappa shape index (κ1) is 13.8. The fourth-order valence-electron chi connectivity index (χ4n) is 2.50. The summed E-state index contributed by atoms with van der Waals surface area (Å²) in [6.45, 7) is 3.52. The highest BCUT2D eigenvalue weighted by Crippen LogP contribution is 2.18. The molecule has 3 nitrogen and oxygen atoms in total. The zero-order valence-electron chi connectivity index (χ0n) is 11.5. The molecular weight excluding hydrogens is 236 g/mol. The Morgan fingerprint density at radius 3 is 2.74 bits per heavy atom. The Kier molecular flexibility index (Phi) is 4.74. The number of nitrogens with two attached hydrogens (primary N) is 1. The molecule has 0 spiro atoms. The molecule has 0 radical (unpaired) electrons. The molecule has 0 unspecified atom stereocenters. The van der Waals surface area contributed by atoms with Gasteiger partial charge in [-0.15, -0.1) is 0 Å². The van der Waals surface area contributed by atoms with Gasteiger partial charge in [0.05, 0.1) is 6.04 Å². The van der Waals surface area contributed by atoms with Gasteiger partial charge in [0, 0.05) is 12.1 Å². The SMILES string of the molecule is CCC[C@@H]1C=CCN1C(=O)c1ccc(CCN)cc1. The standard InChI is InChI=1S/C16H22N2O/c1-2-4-15-5-3-12-18(15)16(19)14-8-6-13(7-9-14)10-11-17/h3,5-9,15H,2,4,10-12,17H2,1H3/t15-/m1/s1. The monoisotopic (exact) mass is 258 g/mol. The Bertz CT molecular complexity index is 450. The van der Waals surface area contributed by atoms with Crippen LogP contribution >= 0.6 is 0 Å². The smallest absolute Gasteiger partial charge is 0.254 e. The second-order valence-electron chi connectivity index (χ2n) is 4.98. The van der Waals surface area contributed by atoms with Gasteiger partial charge in [-0.05, 0) is 37.1 Å². The van der Waals surface area contributed by atoms with Crippen molar-refractivity contribution in [1.82, 2.24) is 4.90 Å². The van der Waals surface area contributed by atoms with E-state index < -0.39 is 0 Å². The molecular formula is C16H22N2O. The van der Waals surface area contributed by atoms with E-state index in [4.69, 9.17) is 5.73 Å². The highest BCUT2D eigenvalue weighted by Gasteiger charge is 2.24. The van der Waals surface area contributed by atoms with E-state index in [0.717, 1.165) is 31.4 Å². The van der Waals surface area contributed by atoms with Gasteiger partial charge >= 0.3 is 0 Å². The Morgan fingerprint density at radius 2 is 2.11 bits per heavy atom. The third-order valence-corrected chi connectivity index (χ3v) is 3.54. The molecule has 19 heavy (non-hydrogen) atoms. The molecule has 0 saturated carbocycles. The first-order valence-electron chi connectivity index (χ1n) is 7.03. The van der Waals surface area contributed by atoms with E-state index in [9.17, 15) is 4.79 Å². The lowest BCUT2D eigenvalue weighted by molar-refractivity contribution is 0.0744. The molecule has 102 valence electrons. The van der Waals surface area contributed by atoms with Crippen molar-refractivity contribution in [2.45, 2.75) is 32.2 Å². The average Bonchev–Trinajstić information content (AvgIpc) is 2.88. The Morgan fingerprint density at radius 1 is 1.37 bits per heavy atom. The minimum absolute atomic E-state index is 0.128. The zero-order valence-corrected chi connectivity index (χ0v) is 11.5. The summed E-state index contributed by atoms with van der Waals surface area (Å²) in [6.07, 6.45) is 7.21. The van der Waals surface area contributed by atoms with Crippen molar-refractivity contribution in [3.05, 3.63) is 47.5 Å². The van der Waals surface area contributed by atoms with E-state index in [1.165, 1.54) is 5.56 Å². The highest BCUT2D eigenvalue weighted by molar-refractivity contribution is 5.95. The van der Waals surface area contributed by atoms with Gasteiger partial charge in [0.2, 0.25) is 0 Å². The van der Waals surface area contributed by atoms with Crippen LogP contribution in [0.15, 0.2) is 36.4 Å². The molecule has 0 saturated heterocycles. The van der Waals surface area contributed by atoms with Crippen molar-refractivity contribution >= 4 is 5.91 Å². The fourth-order valence-corrected chi connectivity index (χ4v) is 2.50. The van der Waals surface area contributed by atoms with Gasteiger partial charge in [0.15, 0.2) is 0 Å². The molecule has 2 N–H and O–H groups in total. The molecule has 1 atom stereocenters. The first-order valence-corrected chi connectivity index (χ1v) is 7.03. The van der Waals surface area contributed by atoms with Crippen LogP contribution in [0, 0.1) is 0 Å². The van der Waals surface area contributed by atoms with Crippen LogP contribution in [0.3, 0.4) is 0 Å². The number of benzene rings is 1. The van der Waals surface area contributed by atoms with Crippen LogP contribution in [0.2, 0.25) is 0 Å². The first-order chi connectivity index (χ1) is 9.26. The van der Waals surface area contributed by atoms with Crippen LogP contribution < -0.4 is 5.73 Å². The molecule has 3 heteroatoms. The molecule has 1 aliphatic rings. The number of hydrogen-bond donors (Lipinski definition) is 1. The molecule has 0 aromatic heterocycles. The Hall–Kier alpha value is -1.61. The lowest BCUT2D eigenvalue weighted by Crippen LogP contribution is -2.35. The van der Waals surface area contributed by atoms with Gasteiger partial charge in [-0.25, -0.2) is 0 Å².